The van der Waals surface area contributed by atoms with Crippen molar-refractivity contribution in [3.63, 3.8) is 0 Å². The van der Waals surface area contributed by atoms with E-state index in [2.05, 4.69) is 5.10 Å². The van der Waals surface area contributed by atoms with Crippen LogP contribution in [-0.4, -0.2) is 15.6 Å². The van der Waals surface area contributed by atoms with Gasteiger partial charge in [-0.15, -0.1) is 0 Å². The molecule has 94 valence electrons. The van der Waals surface area contributed by atoms with Crippen LogP contribution in [0.15, 0.2) is 24.3 Å². The Kier molecular flexibility index (Phi) is 3.73. The number of hydrogen-bond acceptors (Lipinski definition) is 2. The van der Waals surface area contributed by atoms with Gasteiger partial charge in [-0.25, -0.2) is 0 Å². The second-order valence-electron chi connectivity index (χ2n) is 4.14. The first kappa shape index (κ1) is 13.1. The number of halogens is 2. The van der Waals surface area contributed by atoms with Crippen molar-refractivity contribution in [1.29, 1.82) is 0 Å². The monoisotopic (exact) mass is 282 g/mol. The van der Waals surface area contributed by atoms with E-state index in [0.29, 0.717) is 15.6 Å². The van der Waals surface area contributed by atoms with E-state index in [1.807, 2.05) is 19.9 Å². The van der Waals surface area contributed by atoms with E-state index >= 15 is 0 Å². The number of nitrogens with zero attached hydrogens (tertiary/aromatic N) is 2. The summed E-state index contributed by atoms with van der Waals surface area (Å²) in [5.41, 5.74) is 2.40. The molecular formula is C13H12Cl2N2O. The lowest BCUT2D eigenvalue weighted by atomic mass is 10.1. The van der Waals surface area contributed by atoms with Crippen molar-refractivity contribution in [2.45, 2.75) is 20.4 Å². The highest BCUT2D eigenvalue weighted by molar-refractivity contribution is 6.42. The number of hydrogen-bond donors (Lipinski definition) is 0. The number of Topliss-reactive ketones (excluding diaryl/α,β-unsaturated/α-hetero) is 1. The van der Waals surface area contributed by atoms with Crippen molar-refractivity contribution in [2.75, 3.05) is 0 Å². The van der Waals surface area contributed by atoms with Gasteiger partial charge < -0.3 is 0 Å². The molecule has 18 heavy (non-hydrogen) atoms. The summed E-state index contributed by atoms with van der Waals surface area (Å²) in [6.07, 6.45) is 0. The third-order valence-corrected chi connectivity index (χ3v) is 3.38. The summed E-state index contributed by atoms with van der Waals surface area (Å²) >= 11 is 11.7. The smallest absolute Gasteiger partial charge is 0.184 e. The molecule has 0 atom stereocenters. The standard InChI is InChI=1S/C13H12Cl2N2O/c1-8-5-9(2)17(16-8)7-13(18)10-3-4-11(14)12(15)6-10/h3-6H,7H2,1-2H3. The topological polar surface area (TPSA) is 34.9 Å². The Morgan fingerprint density at radius 2 is 1.94 bits per heavy atom. The summed E-state index contributed by atoms with van der Waals surface area (Å²) in [4.78, 5) is 12.1. The Bertz CT molecular complexity index is 605. The summed E-state index contributed by atoms with van der Waals surface area (Å²) in [7, 11) is 0. The minimum Gasteiger partial charge on any atom is -0.292 e. The first-order valence-electron chi connectivity index (χ1n) is 5.46. The second-order valence-corrected chi connectivity index (χ2v) is 4.95. The van der Waals surface area contributed by atoms with Crippen LogP contribution in [0.3, 0.4) is 0 Å². The van der Waals surface area contributed by atoms with Crippen LogP contribution >= 0.6 is 23.2 Å². The van der Waals surface area contributed by atoms with Crippen molar-refractivity contribution in [3.8, 4) is 0 Å². The summed E-state index contributed by atoms with van der Waals surface area (Å²) in [6, 6.07) is 6.81. The molecule has 0 N–H and O–H groups in total. The number of aryl methyl sites for hydroxylation is 2. The predicted octanol–water partition coefficient (Wildman–Crippen LogP) is 3.69. The number of carbonyl (C=O) groups is 1. The Labute approximate surface area is 115 Å². The molecule has 3 nitrogen and oxygen atoms in total. The first-order chi connectivity index (χ1) is 8.47. The van der Waals surface area contributed by atoms with Crippen LogP contribution in [0.5, 0.6) is 0 Å². The molecular weight excluding hydrogens is 271 g/mol. The average Bonchev–Trinajstić information content (AvgIpc) is 2.61. The van der Waals surface area contributed by atoms with Crippen molar-refractivity contribution < 1.29 is 4.79 Å². The lowest BCUT2D eigenvalue weighted by Crippen LogP contribution is -2.13. The van der Waals surface area contributed by atoms with E-state index < -0.39 is 0 Å². The third kappa shape index (κ3) is 2.74. The lowest BCUT2D eigenvalue weighted by molar-refractivity contribution is 0.0966. The average molecular weight is 283 g/mol. The van der Waals surface area contributed by atoms with E-state index in [9.17, 15) is 4.79 Å². The highest BCUT2D eigenvalue weighted by Crippen LogP contribution is 2.23. The second kappa shape index (κ2) is 5.12. The summed E-state index contributed by atoms with van der Waals surface area (Å²) in [5.74, 6) is -0.0419. The maximum Gasteiger partial charge on any atom is 0.184 e. The SMILES string of the molecule is Cc1cc(C)n(CC(=O)c2ccc(Cl)c(Cl)c2)n1. The van der Waals surface area contributed by atoms with Crippen LogP contribution in [0, 0.1) is 13.8 Å². The quantitative estimate of drug-likeness (QED) is 0.805. The number of aromatic nitrogens is 2. The van der Waals surface area contributed by atoms with Gasteiger partial charge in [0.1, 0.15) is 6.54 Å². The predicted molar refractivity (Wildman–Crippen MR) is 72.5 cm³/mol. The van der Waals surface area contributed by atoms with Gasteiger partial charge in [-0.2, -0.15) is 5.10 Å². The molecule has 2 aromatic rings. The van der Waals surface area contributed by atoms with Gasteiger partial charge in [-0.1, -0.05) is 23.2 Å². The van der Waals surface area contributed by atoms with Crippen LogP contribution in [-0.2, 0) is 6.54 Å². The molecule has 0 aliphatic rings. The van der Waals surface area contributed by atoms with Crippen LogP contribution in [0.1, 0.15) is 21.7 Å². The van der Waals surface area contributed by atoms with Crippen LogP contribution < -0.4 is 0 Å². The Balaban J connectivity index is 2.22. The van der Waals surface area contributed by atoms with Gasteiger partial charge in [0.2, 0.25) is 0 Å². The largest absolute Gasteiger partial charge is 0.292 e. The molecule has 0 saturated heterocycles. The molecule has 1 heterocycles. The molecule has 0 spiro atoms. The summed E-state index contributed by atoms with van der Waals surface area (Å²) in [6.45, 7) is 4.02. The number of rotatable bonds is 3. The van der Waals surface area contributed by atoms with E-state index in [0.717, 1.165) is 11.4 Å². The molecule has 0 bridgehead atoms. The molecule has 0 saturated carbocycles. The summed E-state index contributed by atoms with van der Waals surface area (Å²) in [5, 5.41) is 5.08. The molecule has 5 heteroatoms. The van der Waals surface area contributed by atoms with Gasteiger partial charge >= 0.3 is 0 Å². The minimum absolute atomic E-state index is 0.0419. The van der Waals surface area contributed by atoms with E-state index in [1.54, 1.807) is 22.9 Å². The fourth-order valence-corrected chi connectivity index (χ4v) is 2.03. The number of carbonyl (C=O) groups excluding carboxylic acids is 1. The van der Waals surface area contributed by atoms with Crippen LogP contribution in [0.4, 0.5) is 0 Å². The molecule has 0 amide bonds. The Morgan fingerprint density at radius 1 is 1.22 bits per heavy atom. The fourth-order valence-electron chi connectivity index (χ4n) is 1.73. The van der Waals surface area contributed by atoms with Gasteiger partial charge in [0.05, 0.1) is 15.7 Å². The van der Waals surface area contributed by atoms with Gasteiger partial charge in [-0.05, 0) is 38.1 Å². The van der Waals surface area contributed by atoms with Crippen LogP contribution in [0.25, 0.3) is 0 Å². The zero-order chi connectivity index (χ0) is 13.3. The zero-order valence-electron chi connectivity index (χ0n) is 10.1. The van der Waals surface area contributed by atoms with Gasteiger partial charge in [0, 0.05) is 11.3 Å². The van der Waals surface area contributed by atoms with E-state index in [1.165, 1.54) is 0 Å². The molecule has 1 aromatic carbocycles. The molecule has 0 unspecified atom stereocenters. The maximum absolute atomic E-state index is 12.1. The molecule has 0 fully saturated rings. The van der Waals surface area contributed by atoms with Gasteiger partial charge in [-0.3, -0.25) is 9.48 Å². The normalized spacial score (nSPS) is 10.7. The molecule has 0 aliphatic carbocycles. The van der Waals surface area contributed by atoms with Gasteiger partial charge in [0.25, 0.3) is 0 Å². The minimum atomic E-state index is -0.0419. The number of ketones is 1. The molecule has 0 aliphatic heterocycles. The van der Waals surface area contributed by atoms with E-state index in [4.69, 9.17) is 23.2 Å². The van der Waals surface area contributed by atoms with Crippen molar-refractivity contribution in [2.24, 2.45) is 0 Å². The highest BCUT2D eigenvalue weighted by atomic mass is 35.5. The molecule has 1 aromatic heterocycles. The van der Waals surface area contributed by atoms with Crippen LogP contribution in [0.2, 0.25) is 10.0 Å². The zero-order valence-corrected chi connectivity index (χ0v) is 11.6. The molecule has 0 radical (unpaired) electrons. The Hall–Kier alpha value is -1.32. The Morgan fingerprint density at radius 3 is 2.50 bits per heavy atom. The fraction of sp³-hybridized carbons (Fsp3) is 0.231. The van der Waals surface area contributed by atoms with Crippen molar-refractivity contribution >= 4 is 29.0 Å². The van der Waals surface area contributed by atoms with Gasteiger partial charge in [0.15, 0.2) is 5.78 Å². The lowest BCUT2D eigenvalue weighted by Gasteiger charge is -2.05. The van der Waals surface area contributed by atoms with Crippen molar-refractivity contribution in [3.05, 3.63) is 51.3 Å². The third-order valence-electron chi connectivity index (χ3n) is 2.64. The highest BCUT2D eigenvalue weighted by Gasteiger charge is 2.11. The maximum atomic E-state index is 12.1. The van der Waals surface area contributed by atoms with Crippen molar-refractivity contribution in [1.82, 2.24) is 9.78 Å². The molecule has 2 rings (SSSR count). The number of benzene rings is 1. The summed E-state index contributed by atoms with van der Waals surface area (Å²) < 4.78 is 1.68. The van der Waals surface area contributed by atoms with E-state index in [-0.39, 0.29) is 12.3 Å². The first-order valence-corrected chi connectivity index (χ1v) is 6.22.